The highest BCUT2D eigenvalue weighted by molar-refractivity contribution is 5.85. The SMILES string of the molecule is CC[C@H](C)[C@H]([NH3+])C(=O)N[C@@H](CO)C(=O)[O-]. The van der Waals surface area contributed by atoms with E-state index in [-0.39, 0.29) is 5.92 Å². The Bertz CT molecular complexity index is 232. The molecule has 6 nitrogen and oxygen atoms in total. The van der Waals surface area contributed by atoms with Crippen molar-refractivity contribution < 1.29 is 25.5 Å². The Hall–Kier alpha value is -1.14. The van der Waals surface area contributed by atoms with E-state index in [2.05, 4.69) is 11.1 Å². The maximum absolute atomic E-state index is 11.4. The summed E-state index contributed by atoms with van der Waals surface area (Å²) < 4.78 is 0. The monoisotopic (exact) mass is 218 g/mol. The molecule has 0 heterocycles. The third-order valence-corrected chi connectivity index (χ3v) is 2.45. The molecule has 0 bridgehead atoms. The maximum atomic E-state index is 11.4. The molecule has 0 aliphatic rings. The minimum atomic E-state index is -1.50. The molecule has 0 aromatic rings. The summed E-state index contributed by atoms with van der Waals surface area (Å²) in [5, 5.41) is 21.3. The summed E-state index contributed by atoms with van der Waals surface area (Å²) in [7, 11) is 0. The van der Waals surface area contributed by atoms with Crippen LogP contribution in [0.25, 0.3) is 0 Å². The minimum absolute atomic E-state index is 0.0612. The molecule has 0 aromatic heterocycles. The Morgan fingerprint density at radius 2 is 2.07 bits per heavy atom. The van der Waals surface area contributed by atoms with E-state index in [1.165, 1.54) is 0 Å². The van der Waals surface area contributed by atoms with Gasteiger partial charge in [-0.3, -0.25) is 4.79 Å². The second-order valence-electron chi connectivity index (χ2n) is 3.55. The number of carboxylic acid groups (broad SMARTS) is 1. The van der Waals surface area contributed by atoms with Gasteiger partial charge >= 0.3 is 0 Å². The molecular weight excluding hydrogens is 200 g/mol. The Balaban J connectivity index is 4.28. The molecule has 0 spiro atoms. The summed E-state index contributed by atoms with van der Waals surface area (Å²) in [6.45, 7) is 3.09. The lowest BCUT2D eigenvalue weighted by atomic mass is 9.99. The van der Waals surface area contributed by atoms with Crippen LogP contribution in [0.15, 0.2) is 0 Å². The van der Waals surface area contributed by atoms with E-state index in [0.717, 1.165) is 6.42 Å². The van der Waals surface area contributed by atoms with Gasteiger partial charge in [-0.1, -0.05) is 13.8 Å². The van der Waals surface area contributed by atoms with Crippen molar-refractivity contribution in [2.24, 2.45) is 5.92 Å². The standard InChI is InChI=1S/C9H18N2O4/c1-3-5(2)7(10)8(13)11-6(4-12)9(14)15/h5-7,12H,3-4,10H2,1-2H3,(H,11,13)(H,14,15)/t5-,6-,7-/m0/s1. The fraction of sp³-hybridized carbons (Fsp3) is 0.778. The second-order valence-corrected chi connectivity index (χ2v) is 3.55. The van der Waals surface area contributed by atoms with Crippen molar-refractivity contribution in [3.63, 3.8) is 0 Å². The molecule has 0 rings (SSSR count). The van der Waals surface area contributed by atoms with Crippen molar-refractivity contribution in [3.05, 3.63) is 0 Å². The van der Waals surface area contributed by atoms with E-state index >= 15 is 0 Å². The number of aliphatic hydroxyl groups is 1. The second kappa shape index (κ2) is 6.36. The highest BCUT2D eigenvalue weighted by Gasteiger charge is 2.25. The van der Waals surface area contributed by atoms with Crippen LogP contribution in [0.5, 0.6) is 0 Å². The van der Waals surface area contributed by atoms with Gasteiger partial charge in [-0.15, -0.1) is 0 Å². The molecular formula is C9H18N2O4. The van der Waals surface area contributed by atoms with Crippen molar-refractivity contribution in [2.45, 2.75) is 32.4 Å². The van der Waals surface area contributed by atoms with Crippen LogP contribution in [0.2, 0.25) is 0 Å². The number of amides is 1. The van der Waals surface area contributed by atoms with Crippen LogP contribution in [0.4, 0.5) is 0 Å². The van der Waals surface area contributed by atoms with E-state index in [4.69, 9.17) is 5.11 Å². The Labute approximate surface area is 88.5 Å². The molecule has 15 heavy (non-hydrogen) atoms. The number of carbonyl (C=O) groups excluding carboxylic acids is 2. The van der Waals surface area contributed by atoms with Crippen LogP contribution in [-0.4, -0.2) is 35.7 Å². The highest BCUT2D eigenvalue weighted by Crippen LogP contribution is 2.03. The molecule has 0 aliphatic carbocycles. The molecule has 0 aliphatic heterocycles. The smallest absolute Gasteiger partial charge is 0.279 e. The number of hydrogen-bond acceptors (Lipinski definition) is 4. The topological polar surface area (TPSA) is 117 Å². The molecule has 3 atom stereocenters. The van der Waals surface area contributed by atoms with Crippen molar-refractivity contribution in [1.29, 1.82) is 0 Å². The number of quaternary nitrogens is 1. The number of hydrogen-bond donors (Lipinski definition) is 3. The predicted molar refractivity (Wildman–Crippen MR) is 50.2 cm³/mol. The average molecular weight is 218 g/mol. The molecule has 0 fully saturated rings. The molecule has 0 unspecified atom stereocenters. The third kappa shape index (κ3) is 4.26. The number of carboxylic acids is 1. The fourth-order valence-corrected chi connectivity index (χ4v) is 1.00. The summed E-state index contributed by atoms with van der Waals surface area (Å²) >= 11 is 0. The summed E-state index contributed by atoms with van der Waals surface area (Å²) in [6, 6.07) is -1.88. The van der Waals surface area contributed by atoms with E-state index in [0.29, 0.717) is 0 Å². The summed E-state index contributed by atoms with van der Waals surface area (Å²) in [5.41, 5.74) is 3.65. The maximum Gasteiger partial charge on any atom is 0.279 e. The molecule has 0 saturated heterocycles. The van der Waals surface area contributed by atoms with Gasteiger partial charge in [-0.05, 0) is 6.42 Å². The van der Waals surface area contributed by atoms with E-state index in [9.17, 15) is 14.7 Å². The first-order chi connectivity index (χ1) is 6.93. The Morgan fingerprint density at radius 3 is 2.40 bits per heavy atom. The zero-order chi connectivity index (χ0) is 12.0. The number of aliphatic hydroxyl groups excluding tert-OH is 1. The molecule has 1 amide bonds. The normalized spacial score (nSPS) is 16.5. The Morgan fingerprint density at radius 1 is 1.53 bits per heavy atom. The van der Waals surface area contributed by atoms with Crippen molar-refractivity contribution in [1.82, 2.24) is 5.32 Å². The van der Waals surface area contributed by atoms with Gasteiger partial charge in [0, 0.05) is 5.92 Å². The molecule has 0 aromatic carbocycles. The van der Waals surface area contributed by atoms with Gasteiger partial charge in [-0.2, -0.15) is 0 Å². The lowest BCUT2D eigenvalue weighted by molar-refractivity contribution is -0.415. The third-order valence-electron chi connectivity index (χ3n) is 2.45. The van der Waals surface area contributed by atoms with Crippen LogP contribution in [0.1, 0.15) is 20.3 Å². The van der Waals surface area contributed by atoms with Gasteiger partial charge in [0.1, 0.15) is 0 Å². The van der Waals surface area contributed by atoms with Gasteiger partial charge in [0.15, 0.2) is 6.04 Å². The van der Waals surface area contributed by atoms with E-state index in [1.54, 1.807) is 0 Å². The lowest BCUT2D eigenvalue weighted by Crippen LogP contribution is -2.71. The van der Waals surface area contributed by atoms with Crippen molar-refractivity contribution in [2.75, 3.05) is 6.61 Å². The Kier molecular flexibility index (Phi) is 5.88. The molecule has 0 radical (unpaired) electrons. The predicted octanol–water partition coefficient (Wildman–Crippen LogP) is -3.13. The minimum Gasteiger partial charge on any atom is -0.548 e. The van der Waals surface area contributed by atoms with Crippen LogP contribution < -0.4 is 16.2 Å². The van der Waals surface area contributed by atoms with Crippen LogP contribution >= 0.6 is 0 Å². The van der Waals surface area contributed by atoms with E-state index < -0.39 is 30.6 Å². The van der Waals surface area contributed by atoms with Crippen molar-refractivity contribution in [3.8, 4) is 0 Å². The fourth-order valence-electron chi connectivity index (χ4n) is 1.00. The largest absolute Gasteiger partial charge is 0.548 e. The molecule has 0 saturated carbocycles. The number of nitrogens with one attached hydrogen (secondary N) is 1. The summed E-state index contributed by atoms with van der Waals surface area (Å²) in [5.74, 6) is -1.92. The van der Waals surface area contributed by atoms with E-state index in [1.807, 2.05) is 13.8 Å². The zero-order valence-corrected chi connectivity index (χ0v) is 9.03. The van der Waals surface area contributed by atoms with Gasteiger partial charge in [0.2, 0.25) is 0 Å². The summed E-state index contributed by atoms with van der Waals surface area (Å²) in [6.07, 6.45) is 0.775. The number of carbonyl (C=O) groups is 2. The molecule has 5 N–H and O–H groups in total. The first-order valence-electron chi connectivity index (χ1n) is 4.89. The van der Waals surface area contributed by atoms with Gasteiger partial charge in [0.05, 0.1) is 18.6 Å². The zero-order valence-electron chi connectivity index (χ0n) is 9.03. The molecule has 6 heteroatoms. The first-order valence-corrected chi connectivity index (χ1v) is 4.89. The number of aliphatic carboxylic acids is 1. The first kappa shape index (κ1) is 13.9. The summed E-state index contributed by atoms with van der Waals surface area (Å²) in [4.78, 5) is 21.9. The highest BCUT2D eigenvalue weighted by atomic mass is 16.4. The van der Waals surface area contributed by atoms with Crippen molar-refractivity contribution >= 4 is 11.9 Å². The van der Waals surface area contributed by atoms with Gasteiger partial charge in [-0.25, -0.2) is 0 Å². The number of rotatable bonds is 6. The lowest BCUT2D eigenvalue weighted by Gasteiger charge is -2.20. The van der Waals surface area contributed by atoms with Crippen LogP contribution in [-0.2, 0) is 9.59 Å². The van der Waals surface area contributed by atoms with Crippen LogP contribution in [0.3, 0.4) is 0 Å². The van der Waals surface area contributed by atoms with Gasteiger partial charge < -0.3 is 26.1 Å². The average Bonchev–Trinajstić information content (AvgIpc) is 2.22. The van der Waals surface area contributed by atoms with Crippen LogP contribution in [0, 0.1) is 5.92 Å². The van der Waals surface area contributed by atoms with Gasteiger partial charge in [0.25, 0.3) is 5.91 Å². The molecule has 88 valence electrons. The quantitative estimate of drug-likeness (QED) is 0.437.